The summed E-state index contributed by atoms with van der Waals surface area (Å²) in [5.41, 5.74) is 6.56. The lowest BCUT2D eigenvalue weighted by Crippen LogP contribution is -2.28. The van der Waals surface area contributed by atoms with Gasteiger partial charge in [-0.25, -0.2) is 4.79 Å². The van der Waals surface area contributed by atoms with Gasteiger partial charge >= 0.3 is 5.97 Å². The van der Waals surface area contributed by atoms with Gasteiger partial charge in [0.15, 0.2) is 0 Å². The van der Waals surface area contributed by atoms with E-state index >= 15 is 0 Å². The number of nitrogens with one attached hydrogen (secondary N) is 1. The molecule has 2 aromatic carbocycles. The summed E-state index contributed by atoms with van der Waals surface area (Å²) < 4.78 is 0. The Kier molecular flexibility index (Phi) is 8.96. The number of carboxylic acids is 1. The van der Waals surface area contributed by atoms with Crippen LogP contribution in [0, 0.1) is 0 Å². The Bertz CT molecular complexity index is 898. The molecule has 0 saturated carbocycles. The Hall–Kier alpha value is -3.26. The molecule has 0 aliphatic heterocycles. The van der Waals surface area contributed by atoms with E-state index in [9.17, 15) is 19.8 Å². The molecular weight excluding hydrogens is 384 g/mol. The normalized spacial score (nSPS) is 12.1. The summed E-state index contributed by atoms with van der Waals surface area (Å²) in [5, 5.41) is 30.4. The number of hydrogen-bond donors (Lipinski definition) is 4. The lowest BCUT2D eigenvalue weighted by molar-refractivity contribution is -0.122. The fourth-order valence-electron chi connectivity index (χ4n) is 2.93. The molecule has 0 bridgehead atoms. The van der Waals surface area contributed by atoms with Gasteiger partial charge in [-0.05, 0) is 56.6 Å². The van der Waals surface area contributed by atoms with E-state index in [1.54, 1.807) is 37.3 Å². The highest BCUT2D eigenvalue weighted by Crippen LogP contribution is 2.31. The Labute approximate surface area is 175 Å². The first-order valence-electron chi connectivity index (χ1n) is 9.98. The first-order chi connectivity index (χ1) is 14.4. The Morgan fingerprint density at radius 2 is 1.80 bits per heavy atom. The average Bonchev–Trinajstić information content (AvgIpc) is 2.75. The maximum Gasteiger partial charge on any atom is 0.337 e. The molecule has 0 aliphatic carbocycles. The van der Waals surface area contributed by atoms with Gasteiger partial charge in [-0.3, -0.25) is 4.79 Å². The van der Waals surface area contributed by atoms with E-state index in [2.05, 4.69) is 15.5 Å². The van der Waals surface area contributed by atoms with Crippen molar-refractivity contribution in [3.8, 4) is 5.75 Å². The molecule has 1 amide bonds. The van der Waals surface area contributed by atoms with Gasteiger partial charge in [0, 0.05) is 12.1 Å². The third kappa shape index (κ3) is 6.66. The van der Waals surface area contributed by atoms with Gasteiger partial charge in [-0.2, -0.15) is 5.11 Å². The predicted octanol–water partition coefficient (Wildman–Crippen LogP) is 4.24. The van der Waals surface area contributed by atoms with E-state index < -0.39 is 11.9 Å². The van der Waals surface area contributed by atoms with Crippen LogP contribution < -0.4 is 11.1 Å². The standard InChI is InChI=1S/C22H28N4O4/c1-15(21(28)24-13-7-3-2-6-12-23)18-14-16(10-11-20(18)27)25-26-19-9-5-4-8-17(19)22(29)30/h4-5,8-11,14-15,27H,2-3,6-7,12-13,23H2,1H3,(H,24,28)(H,29,30)/b26-25+. The van der Waals surface area contributed by atoms with Crippen LogP contribution >= 0.6 is 0 Å². The Balaban J connectivity index is 2.06. The number of carbonyl (C=O) groups is 2. The number of nitrogens with zero attached hydrogens (tertiary/aromatic N) is 2. The molecule has 0 heterocycles. The molecule has 0 saturated heterocycles. The number of phenols is 1. The van der Waals surface area contributed by atoms with Gasteiger partial charge in [0.2, 0.25) is 5.91 Å². The van der Waals surface area contributed by atoms with Gasteiger partial charge in [-0.1, -0.05) is 25.0 Å². The highest BCUT2D eigenvalue weighted by Gasteiger charge is 2.19. The molecule has 160 valence electrons. The first-order valence-corrected chi connectivity index (χ1v) is 9.98. The summed E-state index contributed by atoms with van der Waals surface area (Å²) in [6, 6.07) is 10.9. The van der Waals surface area contributed by atoms with Crippen molar-refractivity contribution < 1.29 is 19.8 Å². The smallest absolute Gasteiger partial charge is 0.337 e. The van der Waals surface area contributed by atoms with Crippen molar-refractivity contribution in [2.45, 2.75) is 38.5 Å². The number of benzene rings is 2. The van der Waals surface area contributed by atoms with Gasteiger partial charge in [0.05, 0.1) is 17.2 Å². The van der Waals surface area contributed by atoms with Gasteiger partial charge < -0.3 is 21.3 Å². The fourth-order valence-corrected chi connectivity index (χ4v) is 2.93. The Morgan fingerprint density at radius 1 is 1.07 bits per heavy atom. The summed E-state index contributed by atoms with van der Waals surface area (Å²) in [4.78, 5) is 23.7. The molecule has 1 unspecified atom stereocenters. The largest absolute Gasteiger partial charge is 0.508 e. The van der Waals surface area contributed by atoms with Gasteiger partial charge in [0.25, 0.3) is 0 Å². The summed E-state index contributed by atoms with van der Waals surface area (Å²) in [6.45, 7) is 2.96. The zero-order chi connectivity index (χ0) is 21.9. The van der Waals surface area contributed by atoms with Crippen molar-refractivity contribution in [2.75, 3.05) is 13.1 Å². The van der Waals surface area contributed by atoms with Crippen LogP contribution in [0.2, 0.25) is 0 Å². The molecule has 0 radical (unpaired) electrons. The minimum absolute atomic E-state index is 0.00881. The molecule has 1 atom stereocenters. The summed E-state index contributed by atoms with van der Waals surface area (Å²) in [5.74, 6) is -1.86. The maximum atomic E-state index is 12.4. The van der Waals surface area contributed by atoms with Crippen LogP contribution in [0.1, 0.15) is 54.4 Å². The number of rotatable bonds is 11. The van der Waals surface area contributed by atoms with Crippen LogP contribution in [-0.2, 0) is 4.79 Å². The molecule has 5 N–H and O–H groups in total. The highest BCUT2D eigenvalue weighted by atomic mass is 16.4. The number of nitrogens with two attached hydrogens (primary N) is 1. The van der Waals surface area contributed by atoms with Crippen LogP contribution in [0.5, 0.6) is 5.75 Å². The van der Waals surface area contributed by atoms with Crippen LogP contribution in [0.25, 0.3) is 0 Å². The number of aromatic carboxylic acids is 1. The van der Waals surface area contributed by atoms with E-state index in [-0.39, 0.29) is 22.9 Å². The number of amides is 1. The minimum Gasteiger partial charge on any atom is -0.508 e. The van der Waals surface area contributed by atoms with E-state index in [1.807, 2.05) is 0 Å². The third-order valence-corrected chi connectivity index (χ3v) is 4.71. The van der Waals surface area contributed by atoms with Crippen molar-refractivity contribution in [1.82, 2.24) is 5.32 Å². The van der Waals surface area contributed by atoms with Crippen molar-refractivity contribution in [2.24, 2.45) is 16.0 Å². The third-order valence-electron chi connectivity index (χ3n) is 4.71. The molecule has 2 aromatic rings. The number of phenolic OH excluding ortho intramolecular Hbond substituents is 1. The van der Waals surface area contributed by atoms with Gasteiger partial charge in [-0.15, -0.1) is 5.11 Å². The molecular formula is C22H28N4O4. The highest BCUT2D eigenvalue weighted by molar-refractivity contribution is 5.93. The van der Waals surface area contributed by atoms with E-state index in [0.29, 0.717) is 24.3 Å². The molecule has 0 spiro atoms. The zero-order valence-electron chi connectivity index (χ0n) is 17.0. The summed E-state index contributed by atoms with van der Waals surface area (Å²) >= 11 is 0. The minimum atomic E-state index is -1.09. The molecule has 0 aromatic heterocycles. The molecule has 8 heteroatoms. The van der Waals surface area contributed by atoms with Gasteiger partial charge in [0.1, 0.15) is 11.4 Å². The van der Waals surface area contributed by atoms with Crippen LogP contribution in [0.4, 0.5) is 11.4 Å². The maximum absolute atomic E-state index is 12.4. The second-order valence-electron chi connectivity index (χ2n) is 6.98. The van der Waals surface area contributed by atoms with Crippen molar-refractivity contribution in [3.63, 3.8) is 0 Å². The SMILES string of the molecule is CC(C(=O)NCCCCCCN)c1cc(/N=N/c2ccccc2C(=O)O)ccc1O. The monoisotopic (exact) mass is 412 g/mol. The fraction of sp³-hybridized carbons (Fsp3) is 0.364. The topological polar surface area (TPSA) is 137 Å². The van der Waals surface area contributed by atoms with Crippen LogP contribution in [0.15, 0.2) is 52.7 Å². The summed E-state index contributed by atoms with van der Waals surface area (Å²) in [6.07, 6.45) is 3.91. The van der Waals surface area contributed by atoms with Crippen molar-refractivity contribution >= 4 is 23.3 Å². The lowest BCUT2D eigenvalue weighted by Gasteiger charge is -2.14. The van der Waals surface area contributed by atoms with Crippen molar-refractivity contribution in [1.29, 1.82) is 0 Å². The van der Waals surface area contributed by atoms with E-state index in [4.69, 9.17) is 5.73 Å². The van der Waals surface area contributed by atoms with E-state index in [1.165, 1.54) is 12.1 Å². The quantitative estimate of drug-likeness (QED) is 0.323. The first kappa shape index (κ1) is 23.0. The number of unbranched alkanes of at least 4 members (excludes halogenated alkanes) is 3. The molecule has 30 heavy (non-hydrogen) atoms. The van der Waals surface area contributed by atoms with E-state index in [0.717, 1.165) is 25.7 Å². The zero-order valence-corrected chi connectivity index (χ0v) is 17.0. The number of aromatic hydroxyl groups is 1. The number of hydrogen-bond acceptors (Lipinski definition) is 6. The number of carboxylic acid groups (broad SMARTS) is 1. The second kappa shape index (κ2) is 11.7. The number of azo groups is 1. The average molecular weight is 412 g/mol. The lowest BCUT2D eigenvalue weighted by atomic mass is 9.98. The molecule has 0 fully saturated rings. The summed E-state index contributed by atoms with van der Waals surface area (Å²) in [7, 11) is 0. The molecule has 8 nitrogen and oxygen atoms in total. The molecule has 0 aliphatic rings. The Morgan fingerprint density at radius 3 is 2.53 bits per heavy atom. The van der Waals surface area contributed by atoms with Crippen LogP contribution in [0.3, 0.4) is 0 Å². The number of carbonyl (C=O) groups excluding carboxylic acids is 1. The van der Waals surface area contributed by atoms with Crippen molar-refractivity contribution in [3.05, 3.63) is 53.6 Å². The predicted molar refractivity (Wildman–Crippen MR) is 115 cm³/mol. The second-order valence-corrected chi connectivity index (χ2v) is 6.98. The van der Waals surface area contributed by atoms with Crippen LogP contribution in [-0.4, -0.2) is 35.2 Å². The molecule has 2 rings (SSSR count).